The first-order valence-corrected chi connectivity index (χ1v) is 11.5. The van der Waals surface area contributed by atoms with Crippen LogP contribution < -0.4 is 5.32 Å². The Balaban J connectivity index is 1.43. The van der Waals surface area contributed by atoms with Crippen LogP contribution in [0.2, 0.25) is 0 Å². The maximum atomic E-state index is 13.6. The number of rotatable bonds is 2. The molecule has 0 aliphatic carbocycles. The highest BCUT2D eigenvalue weighted by atomic mass is 32.1. The fourth-order valence-corrected chi connectivity index (χ4v) is 5.89. The molecule has 4 heterocycles. The van der Waals surface area contributed by atoms with Gasteiger partial charge < -0.3 is 20.0 Å². The molecule has 10 heteroatoms. The highest BCUT2D eigenvalue weighted by Gasteiger charge is 2.57. The smallest absolute Gasteiger partial charge is 0.264 e. The van der Waals surface area contributed by atoms with E-state index in [1.807, 2.05) is 36.2 Å². The predicted octanol–water partition coefficient (Wildman–Crippen LogP) is 0.419. The number of benzene rings is 1. The molecule has 5 rings (SSSR count). The lowest BCUT2D eigenvalue weighted by atomic mass is 9.87. The number of nitrogens with one attached hydrogen (secondary N) is 1. The van der Waals surface area contributed by atoms with Crippen molar-refractivity contribution in [3.05, 3.63) is 34.7 Å². The Hall–Kier alpha value is -2.98. The number of thiophene rings is 1. The van der Waals surface area contributed by atoms with Crippen LogP contribution in [0.15, 0.2) is 24.3 Å². The van der Waals surface area contributed by atoms with Crippen molar-refractivity contribution in [1.29, 1.82) is 0 Å². The van der Waals surface area contributed by atoms with Crippen molar-refractivity contribution in [3.8, 4) is 0 Å². The van der Waals surface area contributed by atoms with Gasteiger partial charge in [-0.2, -0.15) is 0 Å². The quantitative estimate of drug-likeness (QED) is 0.709. The summed E-state index contributed by atoms with van der Waals surface area (Å²) in [6.45, 7) is 4.49. The molecule has 9 nitrogen and oxygen atoms in total. The minimum Gasteiger partial charge on any atom is -0.342 e. The summed E-state index contributed by atoms with van der Waals surface area (Å²) >= 11 is 1.33. The van der Waals surface area contributed by atoms with E-state index >= 15 is 0 Å². The van der Waals surface area contributed by atoms with Gasteiger partial charge >= 0.3 is 0 Å². The van der Waals surface area contributed by atoms with Gasteiger partial charge in [-0.3, -0.25) is 24.1 Å². The summed E-state index contributed by atoms with van der Waals surface area (Å²) in [5.74, 6) is -0.447. The van der Waals surface area contributed by atoms with Gasteiger partial charge in [0.25, 0.3) is 11.8 Å². The van der Waals surface area contributed by atoms with Crippen molar-refractivity contribution in [2.75, 3.05) is 53.0 Å². The molecule has 1 N–H and O–H groups in total. The highest BCUT2D eigenvalue weighted by Crippen LogP contribution is 2.37. The third kappa shape index (κ3) is 3.08. The molecule has 4 amide bonds. The molecule has 3 aliphatic rings. The van der Waals surface area contributed by atoms with Crippen LogP contribution in [0.25, 0.3) is 10.1 Å². The molecule has 0 unspecified atom stereocenters. The molecule has 2 aromatic rings. The second-order valence-electron chi connectivity index (χ2n) is 8.66. The van der Waals surface area contributed by atoms with E-state index in [1.165, 1.54) is 18.3 Å². The lowest BCUT2D eigenvalue weighted by Crippen LogP contribution is -2.71. The molecule has 3 fully saturated rings. The summed E-state index contributed by atoms with van der Waals surface area (Å²) in [4.78, 5) is 58.4. The molecular weight excluding hydrogens is 430 g/mol. The Labute approximate surface area is 189 Å². The molecule has 0 atom stereocenters. The number of likely N-dealkylation sites (tertiary alicyclic amines) is 1. The zero-order valence-corrected chi connectivity index (χ0v) is 18.9. The van der Waals surface area contributed by atoms with Gasteiger partial charge in [0.15, 0.2) is 0 Å². The zero-order chi connectivity index (χ0) is 22.6. The fourth-order valence-electron chi connectivity index (χ4n) is 4.73. The average Bonchev–Trinajstić information content (AvgIpc) is 3.29. The van der Waals surface area contributed by atoms with E-state index in [1.54, 1.807) is 14.7 Å². The lowest BCUT2D eigenvalue weighted by Gasteiger charge is -2.49. The number of amides is 4. The molecular formula is C22H25N5O4S. The second-order valence-corrected chi connectivity index (χ2v) is 9.71. The van der Waals surface area contributed by atoms with E-state index in [9.17, 15) is 19.2 Å². The van der Waals surface area contributed by atoms with E-state index < -0.39 is 5.54 Å². The standard InChI is InChI=1S/C22H25N5O4S/c1-14(28)25-7-9-26(10-8-25)20(30)18-17(15-5-3-4-6-16(15)32-18)19(29)27-11-22(12-27)21(31)23-13-24(22)2/h3-6H,7-13H2,1-2H3,(H,23,31). The van der Waals surface area contributed by atoms with E-state index in [-0.39, 0.29) is 23.6 Å². The van der Waals surface area contributed by atoms with Crippen molar-refractivity contribution in [1.82, 2.24) is 24.9 Å². The molecule has 32 heavy (non-hydrogen) atoms. The maximum absolute atomic E-state index is 13.6. The summed E-state index contributed by atoms with van der Waals surface area (Å²) in [5.41, 5.74) is -0.255. The number of fused-ring (bicyclic) bond motifs is 1. The van der Waals surface area contributed by atoms with Crippen LogP contribution in [0.3, 0.4) is 0 Å². The van der Waals surface area contributed by atoms with E-state index in [2.05, 4.69) is 5.32 Å². The second kappa shape index (κ2) is 7.56. The van der Waals surface area contributed by atoms with Gasteiger partial charge in [0.05, 0.1) is 25.3 Å². The maximum Gasteiger partial charge on any atom is 0.264 e. The Morgan fingerprint density at radius 1 is 0.969 bits per heavy atom. The van der Waals surface area contributed by atoms with Crippen LogP contribution in [0.1, 0.15) is 27.0 Å². The Morgan fingerprint density at radius 3 is 2.25 bits per heavy atom. The van der Waals surface area contributed by atoms with Crippen molar-refractivity contribution >= 4 is 45.1 Å². The van der Waals surface area contributed by atoms with E-state index in [0.717, 1.165) is 10.1 Å². The minimum atomic E-state index is -0.672. The minimum absolute atomic E-state index is 0.00228. The Kier molecular flexibility index (Phi) is 4.94. The summed E-state index contributed by atoms with van der Waals surface area (Å²) in [7, 11) is 1.87. The Morgan fingerprint density at radius 2 is 1.62 bits per heavy atom. The van der Waals surface area contributed by atoms with Gasteiger partial charge in [-0.25, -0.2) is 0 Å². The van der Waals surface area contributed by atoms with Crippen LogP contribution in [-0.4, -0.2) is 102 Å². The summed E-state index contributed by atoms with van der Waals surface area (Å²) in [6, 6.07) is 7.54. The number of carbonyl (C=O) groups excluding carboxylic acids is 4. The first kappa shape index (κ1) is 20.9. The molecule has 0 radical (unpaired) electrons. The molecule has 0 bridgehead atoms. The van der Waals surface area contributed by atoms with Crippen molar-refractivity contribution < 1.29 is 19.2 Å². The van der Waals surface area contributed by atoms with Crippen molar-refractivity contribution in [3.63, 3.8) is 0 Å². The third-order valence-corrected chi connectivity index (χ3v) is 8.00. The fraction of sp³-hybridized carbons (Fsp3) is 0.455. The molecule has 1 spiro atoms. The monoisotopic (exact) mass is 455 g/mol. The largest absolute Gasteiger partial charge is 0.342 e. The summed E-state index contributed by atoms with van der Waals surface area (Å²) < 4.78 is 0.882. The number of hydrogen-bond donors (Lipinski definition) is 1. The van der Waals surface area contributed by atoms with Crippen LogP contribution in [0.4, 0.5) is 0 Å². The average molecular weight is 456 g/mol. The Bertz CT molecular complexity index is 1130. The molecule has 3 aliphatic heterocycles. The number of likely N-dealkylation sites (N-methyl/N-ethyl adjacent to an activating group) is 1. The highest BCUT2D eigenvalue weighted by molar-refractivity contribution is 7.21. The van der Waals surface area contributed by atoms with Crippen LogP contribution in [-0.2, 0) is 9.59 Å². The summed E-state index contributed by atoms with van der Waals surface area (Å²) in [6.07, 6.45) is 0. The topological polar surface area (TPSA) is 93.3 Å². The van der Waals surface area contributed by atoms with Crippen LogP contribution in [0, 0.1) is 0 Å². The molecule has 1 aromatic heterocycles. The van der Waals surface area contributed by atoms with Gasteiger partial charge in [-0.05, 0) is 13.1 Å². The normalized spacial score (nSPS) is 20.6. The molecule has 1 aromatic carbocycles. The summed E-state index contributed by atoms with van der Waals surface area (Å²) in [5, 5.41) is 3.59. The number of nitrogens with zero attached hydrogens (tertiary/aromatic N) is 4. The van der Waals surface area contributed by atoms with E-state index in [0.29, 0.717) is 56.4 Å². The van der Waals surface area contributed by atoms with Gasteiger partial charge in [0, 0.05) is 43.2 Å². The van der Waals surface area contributed by atoms with E-state index in [4.69, 9.17) is 0 Å². The van der Waals surface area contributed by atoms with Gasteiger partial charge in [-0.1, -0.05) is 18.2 Å². The zero-order valence-electron chi connectivity index (χ0n) is 18.1. The van der Waals surface area contributed by atoms with Crippen LogP contribution in [0.5, 0.6) is 0 Å². The van der Waals surface area contributed by atoms with Crippen molar-refractivity contribution in [2.24, 2.45) is 0 Å². The SMILES string of the molecule is CC(=O)N1CCN(C(=O)c2sc3ccccc3c2C(=O)N2CC3(C2)C(=O)NCN3C)CC1. The van der Waals surface area contributed by atoms with Gasteiger partial charge in [0.2, 0.25) is 11.8 Å². The van der Waals surface area contributed by atoms with Gasteiger partial charge in [0.1, 0.15) is 10.4 Å². The predicted molar refractivity (Wildman–Crippen MR) is 119 cm³/mol. The molecule has 0 saturated carbocycles. The molecule has 168 valence electrons. The number of carbonyl (C=O) groups is 4. The van der Waals surface area contributed by atoms with Gasteiger partial charge in [-0.15, -0.1) is 11.3 Å². The number of piperazine rings is 1. The first-order valence-electron chi connectivity index (χ1n) is 10.7. The number of hydrogen-bond acceptors (Lipinski definition) is 6. The molecule has 3 saturated heterocycles. The lowest BCUT2D eigenvalue weighted by molar-refractivity contribution is -0.133. The first-order chi connectivity index (χ1) is 15.3. The van der Waals surface area contributed by atoms with Crippen molar-refractivity contribution in [2.45, 2.75) is 12.5 Å². The van der Waals surface area contributed by atoms with Crippen LogP contribution >= 0.6 is 11.3 Å². The third-order valence-electron chi connectivity index (χ3n) is 6.84.